The molecule has 4 unspecified atom stereocenters. The van der Waals surface area contributed by atoms with E-state index < -0.39 is 21.6 Å². The van der Waals surface area contributed by atoms with Crippen molar-refractivity contribution in [2.45, 2.75) is 38.5 Å². The van der Waals surface area contributed by atoms with E-state index in [4.69, 9.17) is 9.47 Å². The van der Waals surface area contributed by atoms with E-state index in [1.54, 1.807) is 0 Å². The molecule has 8 heteroatoms. The lowest BCUT2D eigenvalue weighted by molar-refractivity contribution is -0.150. The van der Waals surface area contributed by atoms with Crippen molar-refractivity contribution in [1.82, 2.24) is 0 Å². The van der Waals surface area contributed by atoms with Crippen molar-refractivity contribution in [2.75, 3.05) is 36.2 Å². The van der Waals surface area contributed by atoms with Gasteiger partial charge in [0.2, 0.25) is 0 Å². The van der Waals surface area contributed by atoms with Gasteiger partial charge in [0, 0.05) is 57.5 Å². The maximum atomic E-state index is 12.0. The fraction of sp³-hybridized carbons (Fsp3) is 0.875. The van der Waals surface area contributed by atoms with Crippen LogP contribution in [0.2, 0.25) is 0 Å². The lowest BCUT2D eigenvalue weighted by Gasteiger charge is -2.21. The van der Waals surface area contributed by atoms with Gasteiger partial charge in [-0.1, -0.05) is 0 Å². The summed E-state index contributed by atoms with van der Waals surface area (Å²) in [6.45, 7) is 0.934. The van der Waals surface area contributed by atoms with Crippen LogP contribution in [-0.4, -0.2) is 56.6 Å². The van der Waals surface area contributed by atoms with Crippen LogP contribution in [0.1, 0.15) is 38.5 Å². The molecule has 2 rings (SSSR count). The topological polar surface area (TPSA) is 86.7 Å². The first-order chi connectivity index (χ1) is 11.5. The summed E-state index contributed by atoms with van der Waals surface area (Å²) in [6, 6.07) is 0. The van der Waals surface area contributed by atoms with Gasteiger partial charge < -0.3 is 9.47 Å². The minimum Gasteiger partial charge on any atom is -0.466 e. The summed E-state index contributed by atoms with van der Waals surface area (Å²) in [6.07, 6.45) is 4.06. The Bertz CT molecular complexity index is 449. The number of rotatable bonds is 9. The first-order valence-corrected chi connectivity index (χ1v) is 11.5. The van der Waals surface area contributed by atoms with Crippen LogP contribution in [0.25, 0.3) is 0 Å². The van der Waals surface area contributed by atoms with Gasteiger partial charge in [-0.2, -0.15) is 0 Å². The van der Waals surface area contributed by atoms with Gasteiger partial charge in [-0.05, 0) is 37.5 Å². The molecular weight excluding hydrogens is 352 g/mol. The maximum Gasteiger partial charge on any atom is 0.306 e. The Morgan fingerprint density at radius 3 is 1.54 bits per heavy atom. The van der Waals surface area contributed by atoms with Gasteiger partial charge in [-0.3, -0.25) is 18.0 Å². The Balaban J connectivity index is 1.55. The molecule has 2 heterocycles. The number of esters is 2. The molecule has 2 saturated heterocycles. The van der Waals surface area contributed by atoms with Crippen LogP contribution in [0.3, 0.4) is 0 Å². The third-order valence-corrected chi connectivity index (χ3v) is 7.49. The smallest absolute Gasteiger partial charge is 0.306 e. The Morgan fingerprint density at radius 1 is 0.750 bits per heavy atom. The van der Waals surface area contributed by atoms with Gasteiger partial charge in [0.15, 0.2) is 0 Å². The minimum atomic E-state index is -0.987. The first kappa shape index (κ1) is 19.6. The molecule has 0 radical (unpaired) electrons. The van der Waals surface area contributed by atoms with Gasteiger partial charge in [0.05, 0.1) is 13.2 Å². The highest BCUT2D eigenvalue weighted by Crippen LogP contribution is 2.20. The van der Waals surface area contributed by atoms with Crippen molar-refractivity contribution in [3.8, 4) is 0 Å². The van der Waals surface area contributed by atoms with Crippen LogP contribution in [0.15, 0.2) is 0 Å². The molecule has 2 aliphatic rings. The molecule has 0 amide bonds. The zero-order valence-corrected chi connectivity index (χ0v) is 15.5. The number of carbonyl (C=O) groups excluding carboxylic acids is 2. The van der Waals surface area contributed by atoms with E-state index in [-0.39, 0.29) is 23.8 Å². The monoisotopic (exact) mass is 378 g/mol. The van der Waals surface area contributed by atoms with Crippen molar-refractivity contribution in [3.63, 3.8) is 0 Å². The highest BCUT2D eigenvalue weighted by atomic mass is 32.2. The Kier molecular flexibility index (Phi) is 8.38. The second kappa shape index (κ2) is 10.3. The van der Waals surface area contributed by atoms with E-state index in [2.05, 4.69) is 0 Å². The molecule has 0 aromatic rings. The summed E-state index contributed by atoms with van der Waals surface area (Å²) in [7, 11) is -1.97. The molecule has 2 fully saturated rings. The van der Waals surface area contributed by atoms with Gasteiger partial charge in [-0.15, -0.1) is 0 Å². The van der Waals surface area contributed by atoms with E-state index in [0.717, 1.165) is 25.7 Å². The van der Waals surface area contributed by atoms with E-state index in [0.29, 0.717) is 49.1 Å². The molecule has 0 spiro atoms. The van der Waals surface area contributed by atoms with Crippen molar-refractivity contribution in [2.24, 2.45) is 11.8 Å². The SMILES string of the molecule is O=C1CC(CCS(=O)CCS(=O)CCC2CCOC(=O)C2)CCO1. The number of cyclic esters (lactones) is 2. The van der Waals surface area contributed by atoms with Crippen LogP contribution >= 0.6 is 0 Å². The molecular formula is C16H26O6S2. The molecule has 0 bridgehead atoms. The van der Waals surface area contributed by atoms with Crippen molar-refractivity contribution < 1.29 is 27.5 Å². The standard InChI is InChI=1S/C16H26O6S2/c17-15-11-13(1-5-21-15)3-7-23(19)9-10-24(20)8-4-14-2-6-22-16(18)12-14/h13-14H,1-12H2. The predicted molar refractivity (Wildman–Crippen MR) is 92.4 cm³/mol. The Morgan fingerprint density at radius 2 is 1.17 bits per heavy atom. The molecule has 24 heavy (non-hydrogen) atoms. The van der Waals surface area contributed by atoms with Crippen LogP contribution in [0.5, 0.6) is 0 Å². The molecule has 0 N–H and O–H groups in total. The zero-order chi connectivity index (χ0) is 17.4. The van der Waals surface area contributed by atoms with Crippen LogP contribution in [0, 0.1) is 11.8 Å². The quantitative estimate of drug-likeness (QED) is 0.560. The predicted octanol–water partition coefficient (Wildman–Crippen LogP) is 1.17. The van der Waals surface area contributed by atoms with E-state index in [9.17, 15) is 18.0 Å². The average molecular weight is 379 g/mol. The fourth-order valence-corrected chi connectivity index (χ4v) is 6.04. The highest BCUT2D eigenvalue weighted by molar-refractivity contribution is 7.88. The largest absolute Gasteiger partial charge is 0.466 e. The highest BCUT2D eigenvalue weighted by Gasteiger charge is 2.22. The van der Waals surface area contributed by atoms with Crippen LogP contribution < -0.4 is 0 Å². The number of hydrogen-bond acceptors (Lipinski definition) is 6. The summed E-state index contributed by atoms with van der Waals surface area (Å²) < 4.78 is 33.8. The summed E-state index contributed by atoms with van der Waals surface area (Å²) in [4.78, 5) is 22.4. The number of hydrogen-bond donors (Lipinski definition) is 0. The summed E-state index contributed by atoms with van der Waals surface area (Å²) in [5.74, 6) is 2.22. The number of carbonyl (C=O) groups is 2. The third kappa shape index (κ3) is 7.42. The van der Waals surface area contributed by atoms with Crippen LogP contribution in [-0.2, 0) is 40.7 Å². The molecule has 0 aromatic carbocycles. The van der Waals surface area contributed by atoms with Crippen molar-refractivity contribution in [3.05, 3.63) is 0 Å². The zero-order valence-electron chi connectivity index (χ0n) is 13.9. The Hall–Kier alpha value is -0.760. The van der Waals surface area contributed by atoms with E-state index in [1.807, 2.05) is 0 Å². The summed E-state index contributed by atoms with van der Waals surface area (Å²) >= 11 is 0. The second-order valence-corrected chi connectivity index (χ2v) is 9.82. The molecule has 0 aromatic heterocycles. The van der Waals surface area contributed by atoms with Crippen molar-refractivity contribution in [1.29, 1.82) is 0 Å². The van der Waals surface area contributed by atoms with Gasteiger partial charge in [0.1, 0.15) is 0 Å². The summed E-state index contributed by atoms with van der Waals surface area (Å²) in [5.41, 5.74) is 0. The fourth-order valence-electron chi connectivity index (χ4n) is 2.95. The van der Waals surface area contributed by atoms with E-state index >= 15 is 0 Å². The Labute approximate surface area is 148 Å². The second-order valence-electron chi connectivity index (χ2n) is 6.43. The lowest BCUT2D eigenvalue weighted by Crippen LogP contribution is -2.23. The third-order valence-electron chi connectivity index (χ3n) is 4.54. The van der Waals surface area contributed by atoms with Gasteiger partial charge in [-0.25, -0.2) is 0 Å². The molecule has 4 atom stereocenters. The molecule has 0 saturated carbocycles. The van der Waals surface area contributed by atoms with E-state index in [1.165, 1.54) is 0 Å². The minimum absolute atomic E-state index is 0.162. The molecule has 2 aliphatic heterocycles. The molecule has 0 aliphatic carbocycles. The average Bonchev–Trinajstić information content (AvgIpc) is 2.56. The first-order valence-electron chi connectivity index (χ1n) is 8.54. The van der Waals surface area contributed by atoms with Crippen LogP contribution in [0.4, 0.5) is 0 Å². The maximum absolute atomic E-state index is 12.0. The molecule has 138 valence electrons. The summed E-state index contributed by atoms with van der Waals surface area (Å²) in [5, 5.41) is 0. The number of ether oxygens (including phenoxy) is 2. The van der Waals surface area contributed by atoms with Crippen molar-refractivity contribution >= 4 is 33.5 Å². The van der Waals surface area contributed by atoms with Gasteiger partial charge >= 0.3 is 11.9 Å². The van der Waals surface area contributed by atoms with Gasteiger partial charge in [0.25, 0.3) is 0 Å². The molecule has 6 nitrogen and oxygen atoms in total. The lowest BCUT2D eigenvalue weighted by atomic mass is 9.97. The normalized spacial score (nSPS) is 27.2.